The normalized spacial score (nSPS) is 31.5. The maximum atomic E-state index is 11.4. The summed E-state index contributed by atoms with van der Waals surface area (Å²) in [6.45, 7) is 8.98. The maximum Gasteiger partial charge on any atom is 0.194 e. The van der Waals surface area contributed by atoms with E-state index in [0.717, 1.165) is 6.54 Å². The molecule has 0 aromatic heterocycles. The Labute approximate surface area is 82.3 Å². The Morgan fingerprint density at radius 1 is 1.46 bits per heavy atom. The molecule has 1 saturated heterocycles. The Balaban J connectivity index is 2.58. The second kappa shape index (κ2) is 4.50. The van der Waals surface area contributed by atoms with E-state index in [1.165, 1.54) is 0 Å². The van der Waals surface area contributed by atoms with Crippen LogP contribution in [0.15, 0.2) is 0 Å². The molecule has 0 radical (unpaired) electrons. The van der Waals surface area contributed by atoms with Crippen molar-refractivity contribution in [2.45, 2.75) is 39.8 Å². The highest BCUT2D eigenvalue weighted by molar-refractivity contribution is 7.80. The Hall–Kier alpha value is 0.0300. The minimum Gasteiger partial charge on any atom is -0.283 e. The molecule has 13 heavy (non-hydrogen) atoms. The molecule has 0 aromatic rings. The number of hydrogen-bond acceptors (Lipinski definition) is 2. The maximum absolute atomic E-state index is 11.4. The number of rotatable bonds is 2. The van der Waals surface area contributed by atoms with Crippen LogP contribution in [0.1, 0.15) is 27.7 Å². The summed E-state index contributed by atoms with van der Waals surface area (Å²) < 4.78 is 13.3. The van der Waals surface area contributed by atoms with Gasteiger partial charge in [-0.05, 0) is 19.8 Å². The summed E-state index contributed by atoms with van der Waals surface area (Å²) in [4.78, 5) is 7.78. The zero-order valence-electron chi connectivity index (χ0n) is 8.61. The molecule has 0 spiro atoms. The van der Waals surface area contributed by atoms with Crippen LogP contribution in [0, 0.1) is 5.92 Å². The first-order valence-corrected chi connectivity index (χ1v) is 5.73. The molecular weight excluding hydrogens is 188 g/mol. The smallest absolute Gasteiger partial charge is 0.194 e. The molecule has 5 heteroatoms. The monoisotopic (exact) mass is 206 g/mol. The predicted octanol–water partition coefficient (Wildman–Crippen LogP) is 0.835. The first-order valence-electron chi connectivity index (χ1n) is 4.62. The van der Waals surface area contributed by atoms with Crippen LogP contribution in [0.25, 0.3) is 0 Å². The van der Waals surface area contributed by atoms with Gasteiger partial charge in [-0.25, -0.2) is 8.51 Å². The fourth-order valence-corrected chi connectivity index (χ4v) is 2.15. The van der Waals surface area contributed by atoms with Gasteiger partial charge in [-0.3, -0.25) is 4.84 Å². The molecule has 2 unspecified atom stereocenters. The lowest BCUT2D eigenvalue weighted by molar-refractivity contribution is -0.0389. The second-order valence-electron chi connectivity index (χ2n) is 3.93. The van der Waals surface area contributed by atoms with Crippen LogP contribution in [0.4, 0.5) is 0 Å². The van der Waals surface area contributed by atoms with Crippen LogP contribution >= 0.6 is 0 Å². The van der Waals surface area contributed by atoms with E-state index < -0.39 is 11.2 Å². The van der Waals surface area contributed by atoms with Gasteiger partial charge >= 0.3 is 0 Å². The molecule has 0 saturated carbocycles. The summed E-state index contributed by atoms with van der Waals surface area (Å²) in [6.07, 6.45) is 0.125. The third kappa shape index (κ3) is 2.74. The van der Waals surface area contributed by atoms with E-state index in [1.54, 1.807) is 0 Å². The SMILES string of the molecule is CC(C)C1CN(C(C)C)S(=O)NO1. The van der Waals surface area contributed by atoms with Gasteiger partial charge in [-0.2, -0.15) is 0 Å². The first kappa shape index (κ1) is 11.1. The molecule has 1 heterocycles. The summed E-state index contributed by atoms with van der Waals surface area (Å²) in [7, 11) is 0. The van der Waals surface area contributed by atoms with Gasteiger partial charge < -0.3 is 0 Å². The Morgan fingerprint density at radius 3 is 2.54 bits per heavy atom. The quantitative estimate of drug-likeness (QED) is 0.727. The lowest BCUT2D eigenvalue weighted by atomic mass is 10.1. The fourth-order valence-electron chi connectivity index (χ4n) is 1.18. The van der Waals surface area contributed by atoms with Crippen LogP contribution < -0.4 is 4.89 Å². The lowest BCUT2D eigenvalue weighted by Crippen LogP contribution is -2.52. The second-order valence-corrected chi connectivity index (χ2v) is 5.06. The molecule has 4 nitrogen and oxygen atoms in total. The van der Waals surface area contributed by atoms with E-state index in [2.05, 4.69) is 18.7 Å². The average molecular weight is 206 g/mol. The molecule has 2 atom stereocenters. The molecule has 0 amide bonds. The zero-order valence-corrected chi connectivity index (χ0v) is 9.43. The van der Waals surface area contributed by atoms with E-state index in [0.29, 0.717) is 5.92 Å². The molecule has 1 aliphatic heterocycles. The van der Waals surface area contributed by atoms with Crippen molar-refractivity contribution in [3.63, 3.8) is 0 Å². The standard InChI is InChI=1S/C8H18N2O2S/c1-6(2)8-5-10(7(3)4)13(11)9-12-8/h6-9H,5H2,1-4H3. The van der Waals surface area contributed by atoms with Gasteiger partial charge in [0.2, 0.25) is 0 Å². The first-order chi connectivity index (χ1) is 6.02. The highest BCUT2D eigenvalue weighted by atomic mass is 32.2. The summed E-state index contributed by atoms with van der Waals surface area (Å²) in [5.74, 6) is 0.436. The van der Waals surface area contributed by atoms with Crippen LogP contribution in [-0.4, -0.2) is 27.2 Å². The van der Waals surface area contributed by atoms with Crippen molar-refractivity contribution in [2.75, 3.05) is 6.54 Å². The van der Waals surface area contributed by atoms with Crippen molar-refractivity contribution in [1.82, 2.24) is 9.19 Å². The lowest BCUT2D eigenvalue weighted by Gasteiger charge is -2.35. The molecule has 1 fully saturated rings. The molecule has 78 valence electrons. The highest BCUT2D eigenvalue weighted by Crippen LogP contribution is 2.15. The van der Waals surface area contributed by atoms with Gasteiger partial charge in [0.25, 0.3) is 0 Å². The summed E-state index contributed by atoms with van der Waals surface area (Å²) >= 11 is -1.18. The van der Waals surface area contributed by atoms with Crippen molar-refractivity contribution >= 4 is 11.2 Å². The molecule has 1 rings (SSSR count). The van der Waals surface area contributed by atoms with Crippen molar-refractivity contribution in [2.24, 2.45) is 5.92 Å². The minimum absolute atomic E-state index is 0.125. The van der Waals surface area contributed by atoms with Crippen LogP contribution in [-0.2, 0) is 16.0 Å². The van der Waals surface area contributed by atoms with Gasteiger partial charge in [-0.1, -0.05) is 13.8 Å². The van der Waals surface area contributed by atoms with Gasteiger partial charge in [-0.15, -0.1) is 4.89 Å². The third-order valence-electron chi connectivity index (χ3n) is 2.16. The molecule has 1 N–H and O–H groups in total. The number of nitrogens with one attached hydrogen (secondary N) is 1. The van der Waals surface area contributed by atoms with E-state index in [1.807, 2.05) is 18.2 Å². The van der Waals surface area contributed by atoms with E-state index in [-0.39, 0.29) is 12.1 Å². The fraction of sp³-hybridized carbons (Fsp3) is 1.00. The zero-order chi connectivity index (χ0) is 10.0. The largest absolute Gasteiger partial charge is 0.283 e. The summed E-state index contributed by atoms with van der Waals surface area (Å²) in [6, 6.07) is 0.276. The van der Waals surface area contributed by atoms with Crippen LogP contribution in [0.5, 0.6) is 0 Å². The molecule has 0 bridgehead atoms. The summed E-state index contributed by atoms with van der Waals surface area (Å²) in [5.41, 5.74) is 0. The minimum atomic E-state index is -1.18. The Bertz CT molecular complexity index is 197. The van der Waals surface area contributed by atoms with Crippen molar-refractivity contribution < 1.29 is 9.05 Å². The van der Waals surface area contributed by atoms with E-state index in [9.17, 15) is 4.21 Å². The third-order valence-corrected chi connectivity index (χ3v) is 3.40. The number of hydrogen-bond donors (Lipinski definition) is 1. The predicted molar refractivity (Wildman–Crippen MR) is 52.8 cm³/mol. The highest BCUT2D eigenvalue weighted by Gasteiger charge is 2.29. The topological polar surface area (TPSA) is 41.6 Å². The van der Waals surface area contributed by atoms with Crippen LogP contribution in [0.3, 0.4) is 0 Å². The van der Waals surface area contributed by atoms with Crippen LogP contribution in [0.2, 0.25) is 0 Å². The molecule has 1 aliphatic rings. The Morgan fingerprint density at radius 2 is 2.08 bits per heavy atom. The number of nitrogens with zero attached hydrogens (tertiary/aromatic N) is 1. The molecule has 0 aromatic carbocycles. The van der Waals surface area contributed by atoms with Gasteiger partial charge in [0.1, 0.15) is 0 Å². The van der Waals surface area contributed by atoms with Gasteiger partial charge in [0.15, 0.2) is 11.2 Å². The molecule has 0 aliphatic carbocycles. The van der Waals surface area contributed by atoms with Gasteiger partial charge in [0.05, 0.1) is 6.10 Å². The average Bonchev–Trinajstić information content (AvgIpc) is 2.04. The Kier molecular flexibility index (Phi) is 3.85. The molecular formula is C8H18N2O2S. The van der Waals surface area contributed by atoms with Gasteiger partial charge in [0, 0.05) is 12.6 Å². The van der Waals surface area contributed by atoms with E-state index >= 15 is 0 Å². The summed E-state index contributed by atoms with van der Waals surface area (Å²) in [5, 5.41) is 0. The van der Waals surface area contributed by atoms with Crippen molar-refractivity contribution in [3.05, 3.63) is 0 Å². The van der Waals surface area contributed by atoms with E-state index in [4.69, 9.17) is 4.84 Å². The van der Waals surface area contributed by atoms with Crippen molar-refractivity contribution in [3.8, 4) is 0 Å². The van der Waals surface area contributed by atoms with Crippen molar-refractivity contribution in [1.29, 1.82) is 0 Å².